The van der Waals surface area contributed by atoms with Crippen LogP contribution in [0.15, 0.2) is 36.7 Å². The van der Waals surface area contributed by atoms with Crippen molar-refractivity contribution in [2.45, 2.75) is 19.4 Å². The Hall–Kier alpha value is -1.81. The van der Waals surface area contributed by atoms with Gasteiger partial charge in [0.05, 0.1) is 6.10 Å². The summed E-state index contributed by atoms with van der Waals surface area (Å²) < 4.78 is 26.5. The van der Waals surface area contributed by atoms with Crippen LogP contribution in [-0.4, -0.2) is 10.1 Å². The number of hydrogen-bond acceptors (Lipinski definition) is 2. The summed E-state index contributed by atoms with van der Waals surface area (Å²) in [5, 5.41) is 10.1. The molecule has 1 aromatic heterocycles. The maximum absolute atomic E-state index is 13.5. The Morgan fingerprint density at radius 3 is 2.78 bits per heavy atom. The van der Waals surface area contributed by atoms with Gasteiger partial charge in [-0.1, -0.05) is 12.1 Å². The normalized spacial score (nSPS) is 12.4. The van der Waals surface area contributed by atoms with Crippen molar-refractivity contribution in [2.24, 2.45) is 0 Å². The van der Waals surface area contributed by atoms with Gasteiger partial charge >= 0.3 is 0 Å². The van der Waals surface area contributed by atoms with Crippen LogP contribution in [-0.2, 0) is 6.42 Å². The Bertz CT molecular complexity index is 557. The number of halogens is 2. The maximum Gasteiger partial charge on any atom is 0.162 e. The van der Waals surface area contributed by atoms with Crippen molar-refractivity contribution in [1.29, 1.82) is 0 Å². The molecule has 94 valence electrons. The summed E-state index contributed by atoms with van der Waals surface area (Å²) in [5.74, 6) is -1.80. The van der Waals surface area contributed by atoms with E-state index in [2.05, 4.69) is 4.98 Å². The summed E-state index contributed by atoms with van der Waals surface area (Å²) >= 11 is 0. The average Bonchev–Trinajstić information content (AvgIpc) is 2.35. The van der Waals surface area contributed by atoms with Crippen molar-refractivity contribution in [1.82, 2.24) is 4.98 Å². The lowest BCUT2D eigenvalue weighted by molar-refractivity contribution is 0.176. The maximum atomic E-state index is 13.5. The molecule has 0 saturated carbocycles. The number of hydrogen-bond donors (Lipinski definition) is 1. The summed E-state index contributed by atoms with van der Waals surface area (Å²) in [6, 6.07) is 5.64. The fourth-order valence-electron chi connectivity index (χ4n) is 1.88. The van der Waals surface area contributed by atoms with Crippen molar-refractivity contribution >= 4 is 0 Å². The van der Waals surface area contributed by atoms with Gasteiger partial charge in [-0.2, -0.15) is 0 Å². The minimum Gasteiger partial charge on any atom is -0.388 e. The van der Waals surface area contributed by atoms with E-state index in [0.717, 1.165) is 11.6 Å². The third kappa shape index (κ3) is 2.54. The number of aryl methyl sites for hydroxylation is 1. The predicted molar refractivity (Wildman–Crippen MR) is 64.0 cm³/mol. The second-order valence-electron chi connectivity index (χ2n) is 4.17. The van der Waals surface area contributed by atoms with Crippen LogP contribution < -0.4 is 0 Å². The first-order chi connectivity index (χ1) is 8.59. The molecular weight excluding hydrogens is 236 g/mol. The lowest BCUT2D eigenvalue weighted by atomic mass is 9.99. The molecule has 0 aliphatic heterocycles. The number of aromatic nitrogens is 1. The number of benzene rings is 1. The Balaban J connectivity index is 2.24. The molecule has 1 aromatic carbocycles. The van der Waals surface area contributed by atoms with Gasteiger partial charge in [0.2, 0.25) is 0 Å². The highest BCUT2D eigenvalue weighted by Crippen LogP contribution is 2.22. The average molecular weight is 249 g/mol. The van der Waals surface area contributed by atoms with Crippen LogP contribution in [0.5, 0.6) is 0 Å². The van der Waals surface area contributed by atoms with Crippen molar-refractivity contribution in [3.63, 3.8) is 0 Å². The molecular formula is C14H13F2NO. The number of nitrogens with zero attached hydrogens (tertiary/aromatic N) is 1. The van der Waals surface area contributed by atoms with Gasteiger partial charge in [0.1, 0.15) is 0 Å². The molecule has 0 amide bonds. The molecule has 0 bridgehead atoms. The number of pyridine rings is 1. The van der Waals surface area contributed by atoms with Crippen molar-refractivity contribution in [3.8, 4) is 0 Å². The lowest BCUT2D eigenvalue weighted by Gasteiger charge is -2.13. The molecule has 0 radical (unpaired) electrons. The van der Waals surface area contributed by atoms with Crippen LogP contribution in [0.4, 0.5) is 8.78 Å². The predicted octanol–water partition coefficient (Wildman–Crippen LogP) is 2.94. The molecule has 4 heteroatoms. The molecule has 1 heterocycles. The van der Waals surface area contributed by atoms with E-state index in [1.54, 1.807) is 18.5 Å². The second-order valence-corrected chi connectivity index (χ2v) is 4.17. The molecule has 2 aromatic rings. The third-order valence-electron chi connectivity index (χ3n) is 2.87. The molecule has 0 aliphatic rings. The molecule has 0 saturated heterocycles. The van der Waals surface area contributed by atoms with Crippen molar-refractivity contribution < 1.29 is 13.9 Å². The van der Waals surface area contributed by atoms with Gasteiger partial charge in [0, 0.05) is 18.8 Å². The molecule has 1 N–H and O–H groups in total. The van der Waals surface area contributed by atoms with Crippen LogP contribution in [0.2, 0.25) is 0 Å². The first-order valence-electron chi connectivity index (χ1n) is 5.61. The summed E-state index contributed by atoms with van der Waals surface area (Å²) in [7, 11) is 0. The molecule has 2 nitrogen and oxygen atoms in total. The Morgan fingerprint density at radius 1 is 1.28 bits per heavy atom. The molecule has 1 unspecified atom stereocenters. The Labute approximate surface area is 104 Å². The largest absolute Gasteiger partial charge is 0.388 e. The van der Waals surface area contributed by atoms with Gasteiger partial charge in [0.25, 0.3) is 0 Å². The van der Waals surface area contributed by atoms with Gasteiger partial charge in [-0.25, -0.2) is 8.78 Å². The monoisotopic (exact) mass is 249 g/mol. The van der Waals surface area contributed by atoms with Crippen LogP contribution in [0, 0.1) is 18.6 Å². The zero-order valence-electron chi connectivity index (χ0n) is 9.90. The first kappa shape index (κ1) is 12.6. The van der Waals surface area contributed by atoms with Gasteiger partial charge in [-0.3, -0.25) is 4.98 Å². The van der Waals surface area contributed by atoms with Crippen LogP contribution in [0.3, 0.4) is 0 Å². The van der Waals surface area contributed by atoms with E-state index < -0.39 is 17.7 Å². The fourth-order valence-corrected chi connectivity index (χ4v) is 1.88. The van der Waals surface area contributed by atoms with Crippen molar-refractivity contribution in [3.05, 3.63) is 65.0 Å². The van der Waals surface area contributed by atoms with E-state index >= 15 is 0 Å². The Kier molecular flexibility index (Phi) is 3.67. The summed E-state index contributed by atoms with van der Waals surface area (Å²) in [5.41, 5.74) is 1.66. The molecule has 18 heavy (non-hydrogen) atoms. The molecule has 0 aliphatic carbocycles. The minimum absolute atomic E-state index is 0.0362. The third-order valence-corrected chi connectivity index (χ3v) is 2.87. The van der Waals surface area contributed by atoms with Crippen LogP contribution in [0.1, 0.15) is 22.8 Å². The lowest BCUT2D eigenvalue weighted by Crippen LogP contribution is -2.06. The smallest absolute Gasteiger partial charge is 0.162 e. The highest BCUT2D eigenvalue weighted by atomic mass is 19.2. The number of rotatable bonds is 3. The first-order valence-corrected chi connectivity index (χ1v) is 5.61. The SMILES string of the molecule is Cc1cnccc1C(O)Cc1cccc(F)c1F. The van der Waals surface area contributed by atoms with Crippen LogP contribution >= 0.6 is 0 Å². The van der Waals surface area contributed by atoms with Gasteiger partial charge in [0.15, 0.2) is 11.6 Å². The molecule has 0 fully saturated rings. The van der Waals surface area contributed by atoms with Gasteiger partial charge in [-0.15, -0.1) is 0 Å². The quantitative estimate of drug-likeness (QED) is 0.907. The van der Waals surface area contributed by atoms with E-state index in [9.17, 15) is 13.9 Å². The second kappa shape index (κ2) is 5.23. The molecule has 0 spiro atoms. The van der Waals surface area contributed by atoms with E-state index in [1.807, 2.05) is 6.92 Å². The zero-order valence-corrected chi connectivity index (χ0v) is 9.90. The number of aliphatic hydroxyl groups is 1. The van der Waals surface area contributed by atoms with Crippen LogP contribution in [0.25, 0.3) is 0 Å². The standard InChI is InChI=1S/C14H13F2NO/c1-9-8-17-6-5-11(9)13(18)7-10-3-2-4-12(15)14(10)16/h2-6,8,13,18H,7H2,1H3. The van der Waals surface area contributed by atoms with Gasteiger partial charge < -0.3 is 5.11 Å². The summed E-state index contributed by atoms with van der Waals surface area (Å²) in [6.45, 7) is 1.81. The number of aliphatic hydroxyl groups excluding tert-OH is 1. The van der Waals surface area contributed by atoms with Crippen molar-refractivity contribution in [2.75, 3.05) is 0 Å². The fraction of sp³-hybridized carbons (Fsp3) is 0.214. The molecule has 1 atom stereocenters. The van der Waals surface area contributed by atoms with E-state index in [1.165, 1.54) is 12.1 Å². The van der Waals surface area contributed by atoms with E-state index in [4.69, 9.17) is 0 Å². The topological polar surface area (TPSA) is 33.1 Å². The zero-order chi connectivity index (χ0) is 13.1. The highest BCUT2D eigenvalue weighted by Gasteiger charge is 2.15. The van der Waals surface area contributed by atoms with Gasteiger partial charge in [-0.05, 0) is 35.7 Å². The van der Waals surface area contributed by atoms with E-state index in [-0.39, 0.29) is 12.0 Å². The summed E-state index contributed by atoms with van der Waals surface area (Å²) in [6.07, 6.45) is 2.35. The highest BCUT2D eigenvalue weighted by molar-refractivity contribution is 5.27. The Morgan fingerprint density at radius 2 is 2.06 bits per heavy atom. The molecule has 2 rings (SSSR count). The summed E-state index contributed by atoms with van der Waals surface area (Å²) in [4.78, 5) is 3.92. The van der Waals surface area contributed by atoms with E-state index in [0.29, 0.717) is 5.56 Å². The minimum atomic E-state index is -0.900.